The van der Waals surface area contributed by atoms with E-state index in [4.69, 9.17) is 5.11 Å². The molecule has 0 amide bonds. The minimum Gasteiger partial charge on any atom is -0.481 e. The lowest BCUT2D eigenvalue weighted by atomic mass is 10.1. The molecule has 1 heterocycles. The number of carbonyl (C=O) groups is 1. The van der Waals surface area contributed by atoms with Crippen molar-refractivity contribution in [3.63, 3.8) is 0 Å². The molecule has 0 unspecified atom stereocenters. The standard InChI is InChI=1S/C9H12O2S.C2H6/c1-2-3-7-4-5-12-8(7)6-9(10)11;1-2/h4-5H,2-3,6H2,1H3,(H,10,11);1-2H3. The van der Waals surface area contributed by atoms with Gasteiger partial charge < -0.3 is 5.11 Å². The maximum Gasteiger partial charge on any atom is 0.308 e. The van der Waals surface area contributed by atoms with Gasteiger partial charge in [-0.2, -0.15) is 0 Å². The highest BCUT2D eigenvalue weighted by molar-refractivity contribution is 7.10. The third-order valence-corrected chi connectivity index (χ3v) is 2.63. The molecule has 0 saturated heterocycles. The highest BCUT2D eigenvalue weighted by atomic mass is 32.1. The van der Waals surface area contributed by atoms with Crippen molar-refractivity contribution in [2.45, 2.75) is 40.0 Å². The van der Waals surface area contributed by atoms with E-state index in [0.29, 0.717) is 0 Å². The van der Waals surface area contributed by atoms with Crippen molar-refractivity contribution in [2.24, 2.45) is 0 Å². The molecule has 0 saturated carbocycles. The molecule has 0 aliphatic carbocycles. The summed E-state index contributed by atoms with van der Waals surface area (Å²) in [5.74, 6) is -0.741. The zero-order chi connectivity index (χ0) is 11.0. The molecule has 0 fully saturated rings. The van der Waals surface area contributed by atoms with Crippen LogP contribution in [0.3, 0.4) is 0 Å². The van der Waals surface area contributed by atoms with Crippen molar-refractivity contribution < 1.29 is 9.90 Å². The van der Waals surface area contributed by atoms with E-state index in [0.717, 1.165) is 17.7 Å². The van der Waals surface area contributed by atoms with E-state index < -0.39 is 5.97 Å². The summed E-state index contributed by atoms with van der Waals surface area (Å²) in [5, 5.41) is 10.5. The first-order valence-corrected chi connectivity index (χ1v) is 5.89. The second-order valence-electron chi connectivity index (χ2n) is 2.69. The molecule has 0 atom stereocenters. The van der Waals surface area contributed by atoms with Crippen molar-refractivity contribution in [1.82, 2.24) is 0 Å². The summed E-state index contributed by atoms with van der Waals surface area (Å²) < 4.78 is 0. The van der Waals surface area contributed by atoms with Gasteiger partial charge in [-0.1, -0.05) is 27.2 Å². The number of carboxylic acids is 1. The molecule has 0 radical (unpaired) electrons. The topological polar surface area (TPSA) is 37.3 Å². The SMILES string of the molecule is CC.CCCc1ccsc1CC(=O)O. The van der Waals surface area contributed by atoms with Crippen LogP contribution in [0.25, 0.3) is 0 Å². The van der Waals surface area contributed by atoms with Gasteiger partial charge in [0.05, 0.1) is 6.42 Å². The van der Waals surface area contributed by atoms with Crippen LogP contribution >= 0.6 is 11.3 Å². The molecule has 3 heteroatoms. The maximum absolute atomic E-state index is 10.4. The Balaban J connectivity index is 0.000000791. The van der Waals surface area contributed by atoms with Crippen LogP contribution < -0.4 is 0 Å². The summed E-state index contributed by atoms with van der Waals surface area (Å²) >= 11 is 1.54. The Morgan fingerprint density at radius 3 is 2.64 bits per heavy atom. The lowest BCUT2D eigenvalue weighted by Crippen LogP contribution is -2.00. The van der Waals surface area contributed by atoms with Crippen molar-refractivity contribution >= 4 is 17.3 Å². The third kappa shape index (κ3) is 4.42. The van der Waals surface area contributed by atoms with Gasteiger partial charge in [0, 0.05) is 4.88 Å². The highest BCUT2D eigenvalue weighted by Gasteiger charge is 2.06. The number of aliphatic carboxylic acids is 1. The lowest BCUT2D eigenvalue weighted by molar-refractivity contribution is -0.136. The van der Waals surface area contributed by atoms with E-state index in [2.05, 4.69) is 6.92 Å². The van der Waals surface area contributed by atoms with Crippen LogP contribution in [0.15, 0.2) is 11.4 Å². The number of rotatable bonds is 4. The zero-order valence-corrected chi connectivity index (χ0v) is 9.86. The Hall–Kier alpha value is -0.830. The Bertz CT molecular complexity index is 266. The van der Waals surface area contributed by atoms with E-state index >= 15 is 0 Å². The summed E-state index contributed by atoms with van der Waals surface area (Å²) in [6.07, 6.45) is 2.24. The van der Waals surface area contributed by atoms with Gasteiger partial charge in [0.1, 0.15) is 0 Å². The maximum atomic E-state index is 10.4. The van der Waals surface area contributed by atoms with Gasteiger partial charge in [0.15, 0.2) is 0 Å². The molecule has 1 aromatic heterocycles. The Labute approximate surface area is 89.6 Å². The van der Waals surface area contributed by atoms with E-state index in [1.807, 2.05) is 25.3 Å². The van der Waals surface area contributed by atoms with E-state index in [1.165, 1.54) is 16.9 Å². The van der Waals surface area contributed by atoms with Crippen molar-refractivity contribution in [3.05, 3.63) is 21.9 Å². The molecule has 1 aromatic rings. The van der Waals surface area contributed by atoms with Crippen LogP contribution in [0.2, 0.25) is 0 Å². The summed E-state index contributed by atoms with van der Waals surface area (Å²) in [4.78, 5) is 11.4. The fourth-order valence-corrected chi connectivity index (χ4v) is 2.08. The number of aryl methyl sites for hydroxylation is 1. The number of hydrogen-bond acceptors (Lipinski definition) is 2. The quantitative estimate of drug-likeness (QED) is 0.834. The fraction of sp³-hybridized carbons (Fsp3) is 0.545. The first-order chi connectivity index (χ1) is 6.74. The Morgan fingerprint density at radius 1 is 1.50 bits per heavy atom. The molecule has 1 rings (SSSR count). The normalized spacial score (nSPS) is 9.07. The van der Waals surface area contributed by atoms with Gasteiger partial charge in [-0.3, -0.25) is 4.79 Å². The van der Waals surface area contributed by atoms with Crippen LogP contribution in [-0.4, -0.2) is 11.1 Å². The first-order valence-electron chi connectivity index (χ1n) is 5.01. The minimum absolute atomic E-state index is 0.174. The van der Waals surface area contributed by atoms with Crippen LogP contribution in [0.5, 0.6) is 0 Å². The van der Waals surface area contributed by atoms with Gasteiger partial charge in [0.2, 0.25) is 0 Å². The fourth-order valence-electron chi connectivity index (χ4n) is 1.15. The van der Waals surface area contributed by atoms with E-state index in [-0.39, 0.29) is 6.42 Å². The average Bonchev–Trinajstić information content (AvgIpc) is 2.56. The van der Waals surface area contributed by atoms with Gasteiger partial charge in [0.25, 0.3) is 0 Å². The molecule has 0 bridgehead atoms. The largest absolute Gasteiger partial charge is 0.481 e. The average molecular weight is 214 g/mol. The van der Waals surface area contributed by atoms with E-state index in [9.17, 15) is 4.79 Å². The van der Waals surface area contributed by atoms with Gasteiger partial charge in [-0.15, -0.1) is 11.3 Å². The second-order valence-corrected chi connectivity index (χ2v) is 3.69. The molecule has 14 heavy (non-hydrogen) atoms. The molecule has 0 spiro atoms. The summed E-state index contributed by atoms with van der Waals surface area (Å²) in [6.45, 7) is 6.10. The third-order valence-electron chi connectivity index (χ3n) is 1.67. The van der Waals surface area contributed by atoms with Crippen LogP contribution in [0.4, 0.5) is 0 Å². The predicted molar refractivity (Wildman–Crippen MR) is 61.0 cm³/mol. The van der Waals surface area contributed by atoms with Gasteiger partial charge in [-0.05, 0) is 23.4 Å². The number of thiophene rings is 1. The smallest absolute Gasteiger partial charge is 0.308 e. The van der Waals surface area contributed by atoms with Crippen molar-refractivity contribution in [3.8, 4) is 0 Å². The van der Waals surface area contributed by atoms with Crippen LogP contribution in [0, 0.1) is 0 Å². The van der Waals surface area contributed by atoms with Crippen LogP contribution in [-0.2, 0) is 17.6 Å². The first kappa shape index (κ1) is 13.2. The van der Waals surface area contributed by atoms with Crippen molar-refractivity contribution in [1.29, 1.82) is 0 Å². The number of hydrogen-bond donors (Lipinski definition) is 1. The number of carboxylic acid groups (broad SMARTS) is 1. The molecule has 80 valence electrons. The Morgan fingerprint density at radius 2 is 2.14 bits per heavy atom. The molecule has 1 N–H and O–H groups in total. The minimum atomic E-state index is -0.741. The molecule has 0 aliphatic rings. The van der Waals surface area contributed by atoms with Gasteiger partial charge >= 0.3 is 5.97 Å². The molecular weight excluding hydrogens is 196 g/mol. The summed E-state index contributed by atoms with van der Waals surface area (Å²) in [6, 6.07) is 2.02. The molecule has 0 aromatic carbocycles. The monoisotopic (exact) mass is 214 g/mol. The molecular formula is C11H18O2S. The zero-order valence-electron chi connectivity index (χ0n) is 9.04. The predicted octanol–water partition coefficient (Wildman–Crippen LogP) is 3.35. The highest BCUT2D eigenvalue weighted by Crippen LogP contribution is 2.18. The summed E-state index contributed by atoms with van der Waals surface area (Å²) in [5.41, 5.74) is 1.20. The lowest BCUT2D eigenvalue weighted by Gasteiger charge is -1.97. The van der Waals surface area contributed by atoms with Crippen LogP contribution in [0.1, 0.15) is 37.6 Å². The molecule has 2 nitrogen and oxygen atoms in total. The van der Waals surface area contributed by atoms with Gasteiger partial charge in [-0.25, -0.2) is 0 Å². The van der Waals surface area contributed by atoms with Crippen molar-refractivity contribution in [2.75, 3.05) is 0 Å². The molecule has 0 aliphatic heterocycles. The Kier molecular flexibility index (Phi) is 7.11. The van der Waals surface area contributed by atoms with E-state index in [1.54, 1.807) is 0 Å². The summed E-state index contributed by atoms with van der Waals surface area (Å²) in [7, 11) is 0. The second kappa shape index (κ2) is 7.56.